The molecular formula is C19H25NS. The van der Waals surface area contributed by atoms with E-state index in [1.54, 1.807) is 0 Å². The van der Waals surface area contributed by atoms with E-state index in [-0.39, 0.29) is 0 Å². The van der Waals surface area contributed by atoms with Crippen molar-refractivity contribution >= 4 is 11.3 Å². The topological polar surface area (TPSA) is 12.0 Å². The summed E-state index contributed by atoms with van der Waals surface area (Å²) in [6.45, 7) is 0. The van der Waals surface area contributed by atoms with Gasteiger partial charge in [-0.15, -0.1) is 11.3 Å². The zero-order valence-corrected chi connectivity index (χ0v) is 13.7. The van der Waals surface area contributed by atoms with Gasteiger partial charge in [0.2, 0.25) is 0 Å². The van der Waals surface area contributed by atoms with Crippen LogP contribution in [0, 0.1) is 0 Å². The van der Waals surface area contributed by atoms with Gasteiger partial charge in [-0.25, -0.2) is 0 Å². The van der Waals surface area contributed by atoms with Crippen molar-refractivity contribution in [1.82, 2.24) is 5.32 Å². The minimum atomic E-state index is 0.341. The van der Waals surface area contributed by atoms with E-state index < -0.39 is 0 Å². The Morgan fingerprint density at radius 1 is 1.10 bits per heavy atom. The molecule has 0 spiro atoms. The smallest absolute Gasteiger partial charge is 0.0164 e. The number of rotatable bonds is 6. The summed E-state index contributed by atoms with van der Waals surface area (Å²) in [6.07, 6.45) is 7.81. The van der Waals surface area contributed by atoms with Crippen molar-refractivity contribution in [1.29, 1.82) is 0 Å². The highest BCUT2D eigenvalue weighted by Crippen LogP contribution is 2.45. The van der Waals surface area contributed by atoms with Crippen LogP contribution in [0.5, 0.6) is 0 Å². The van der Waals surface area contributed by atoms with Gasteiger partial charge in [-0.2, -0.15) is 0 Å². The van der Waals surface area contributed by atoms with Crippen LogP contribution in [0.25, 0.3) is 0 Å². The summed E-state index contributed by atoms with van der Waals surface area (Å²) in [5.41, 5.74) is 1.88. The molecule has 0 aliphatic heterocycles. The summed E-state index contributed by atoms with van der Waals surface area (Å²) in [7, 11) is 2.14. The van der Waals surface area contributed by atoms with Crippen LogP contribution in [0.3, 0.4) is 0 Å². The molecule has 1 aliphatic carbocycles. The van der Waals surface area contributed by atoms with E-state index in [0.29, 0.717) is 11.5 Å². The average Bonchev–Trinajstić information content (AvgIpc) is 3.21. The fraction of sp³-hybridized carbons (Fsp3) is 0.474. The zero-order chi connectivity index (χ0) is 14.5. The van der Waals surface area contributed by atoms with Gasteiger partial charge < -0.3 is 5.32 Å². The molecule has 1 fully saturated rings. The van der Waals surface area contributed by atoms with Crippen molar-refractivity contribution < 1.29 is 0 Å². The molecule has 1 heterocycles. The highest BCUT2D eigenvalue weighted by molar-refractivity contribution is 7.09. The van der Waals surface area contributed by atoms with Crippen LogP contribution >= 0.6 is 11.3 Å². The quantitative estimate of drug-likeness (QED) is 0.809. The normalized spacial score (nSPS) is 18.7. The molecule has 1 saturated carbocycles. The molecule has 1 aromatic heterocycles. The Balaban J connectivity index is 1.81. The van der Waals surface area contributed by atoms with Crippen LogP contribution < -0.4 is 5.32 Å². The molecule has 21 heavy (non-hydrogen) atoms. The molecule has 0 amide bonds. The highest BCUT2D eigenvalue weighted by Gasteiger charge is 2.41. The third kappa shape index (κ3) is 3.07. The van der Waals surface area contributed by atoms with Gasteiger partial charge >= 0.3 is 0 Å². The molecule has 1 nitrogen and oxygen atoms in total. The van der Waals surface area contributed by atoms with Crippen LogP contribution in [0.4, 0.5) is 0 Å². The predicted octanol–water partition coefficient (Wildman–Crippen LogP) is 4.78. The first-order valence-corrected chi connectivity index (χ1v) is 8.98. The van der Waals surface area contributed by atoms with Crippen molar-refractivity contribution in [2.75, 3.05) is 7.05 Å². The Labute approximate surface area is 132 Å². The Morgan fingerprint density at radius 3 is 2.48 bits per heavy atom. The number of hydrogen-bond donors (Lipinski definition) is 1. The van der Waals surface area contributed by atoms with E-state index >= 15 is 0 Å². The first kappa shape index (κ1) is 14.8. The molecule has 2 aromatic rings. The Kier molecular flexibility index (Phi) is 4.77. The molecule has 1 unspecified atom stereocenters. The van der Waals surface area contributed by atoms with Crippen molar-refractivity contribution in [3.63, 3.8) is 0 Å². The fourth-order valence-electron chi connectivity index (χ4n) is 4.05. The van der Waals surface area contributed by atoms with E-state index in [1.165, 1.54) is 49.0 Å². The van der Waals surface area contributed by atoms with E-state index in [0.717, 1.165) is 0 Å². The first-order chi connectivity index (χ1) is 10.3. The lowest BCUT2D eigenvalue weighted by molar-refractivity contribution is 0.295. The van der Waals surface area contributed by atoms with Crippen LogP contribution in [-0.2, 0) is 11.8 Å². The SMILES string of the molecule is CNC(CCc1cccs1)C1(c2ccccc2)CCCC1. The summed E-state index contributed by atoms with van der Waals surface area (Å²) < 4.78 is 0. The number of aryl methyl sites for hydroxylation is 1. The molecule has 112 valence electrons. The number of thiophene rings is 1. The summed E-state index contributed by atoms with van der Waals surface area (Å²) in [6, 6.07) is 16.2. The van der Waals surface area contributed by atoms with Gasteiger partial charge in [0.05, 0.1) is 0 Å². The van der Waals surface area contributed by atoms with Crippen LogP contribution in [-0.4, -0.2) is 13.1 Å². The molecule has 1 atom stereocenters. The fourth-order valence-corrected chi connectivity index (χ4v) is 4.78. The number of nitrogens with one attached hydrogen (secondary N) is 1. The van der Waals surface area contributed by atoms with E-state index in [9.17, 15) is 0 Å². The summed E-state index contributed by atoms with van der Waals surface area (Å²) in [4.78, 5) is 1.51. The number of benzene rings is 1. The Bertz CT molecular complexity index is 526. The molecule has 0 radical (unpaired) electrons. The third-order valence-electron chi connectivity index (χ3n) is 5.12. The maximum absolute atomic E-state index is 3.65. The second kappa shape index (κ2) is 6.76. The Morgan fingerprint density at radius 2 is 1.86 bits per heavy atom. The second-order valence-corrected chi connectivity index (χ2v) is 7.22. The van der Waals surface area contributed by atoms with Gasteiger partial charge in [0.25, 0.3) is 0 Å². The van der Waals surface area contributed by atoms with Crippen LogP contribution in [0.15, 0.2) is 47.8 Å². The zero-order valence-electron chi connectivity index (χ0n) is 12.8. The van der Waals surface area contributed by atoms with Gasteiger partial charge in [0, 0.05) is 16.3 Å². The molecule has 3 rings (SSSR count). The first-order valence-electron chi connectivity index (χ1n) is 8.10. The van der Waals surface area contributed by atoms with Crippen molar-refractivity contribution in [3.8, 4) is 0 Å². The lowest BCUT2D eigenvalue weighted by Gasteiger charge is -2.38. The van der Waals surface area contributed by atoms with Crippen molar-refractivity contribution in [2.24, 2.45) is 0 Å². The van der Waals surface area contributed by atoms with E-state index in [4.69, 9.17) is 0 Å². The lowest BCUT2D eigenvalue weighted by Crippen LogP contribution is -2.45. The minimum Gasteiger partial charge on any atom is -0.316 e. The van der Waals surface area contributed by atoms with Gasteiger partial charge in [-0.3, -0.25) is 0 Å². The molecular weight excluding hydrogens is 274 g/mol. The standard InChI is InChI=1S/C19H25NS/c1-20-18(12-11-17-10-7-15-21-17)19(13-5-6-14-19)16-8-3-2-4-9-16/h2-4,7-10,15,18,20H,5-6,11-14H2,1H3. The van der Waals surface area contributed by atoms with Crippen molar-refractivity contribution in [3.05, 3.63) is 58.3 Å². The van der Waals surface area contributed by atoms with Crippen molar-refractivity contribution in [2.45, 2.75) is 50.0 Å². The molecule has 2 heteroatoms. The van der Waals surface area contributed by atoms with Crippen LogP contribution in [0.2, 0.25) is 0 Å². The van der Waals surface area contributed by atoms with Gasteiger partial charge in [0.15, 0.2) is 0 Å². The molecule has 1 aromatic carbocycles. The Hall–Kier alpha value is -1.12. The molecule has 0 saturated heterocycles. The molecule has 1 N–H and O–H groups in total. The van der Waals surface area contributed by atoms with Crippen LogP contribution in [0.1, 0.15) is 42.5 Å². The maximum atomic E-state index is 3.65. The second-order valence-electron chi connectivity index (χ2n) is 6.19. The molecule has 0 bridgehead atoms. The number of likely N-dealkylation sites (N-methyl/N-ethyl adjacent to an activating group) is 1. The average molecular weight is 299 g/mol. The van der Waals surface area contributed by atoms with E-state index in [2.05, 4.69) is 60.2 Å². The lowest BCUT2D eigenvalue weighted by atomic mass is 9.71. The summed E-state index contributed by atoms with van der Waals surface area (Å²) in [5.74, 6) is 0. The predicted molar refractivity (Wildman–Crippen MR) is 92.1 cm³/mol. The third-order valence-corrected chi connectivity index (χ3v) is 6.06. The van der Waals surface area contributed by atoms with Gasteiger partial charge in [-0.05, 0) is 49.7 Å². The molecule has 1 aliphatic rings. The maximum Gasteiger partial charge on any atom is 0.0164 e. The largest absolute Gasteiger partial charge is 0.316 e. The minimum absolute atomic E-state index is 0.341. The summed E-state index contributed by atoms with van der Waals surface area (Å²) in [5, 5.41) is 5.84. The number of hydrogen-bond acceptors (Lipinski definition) is 2. The van der Waals surface area contributed by atoms with E-state index in [1.807, 2.05) is 11.3 Å². The van der Waals surface area contributed by atoms with Gasteiger partial charge in [0.1, 0.15) is 0 Å². The summed E-state index contributed by atoms with van der Waals surface area (Å²) >= 11 is 1.88. The highest BCUT2D eigenvalue weighted by atomic mass is 32.1. The monoisotopic (exact) mass is 299 g/mol. The van der Waals surface area contributed by atoms with Gasteiger partial charge in [-0.1, -0.05) is 49.2 Å².